The van der Waals surface area contributed by atoms with E-state index in [1.54, 1.807) is 6.08 Å². The number of benzene rings is 2. The van der Waals surface area contributed by atoms with Crippen molar-refractivity contribution in [3.05, 3.63) is 84.4 Å². The van der Waals surface area contributed by atoms with Crippen molar-refractivity contribution < 1.29 is 28.4 Å². The van der Waals surface area contributed by atoms with Crippen LogP contribution >= 0.6 is 0 Å². The Morgan fingerprint density at radius 3 is 2.31 bits per heavy atom. The Morgan fingerprint density at radius 1 is 0.914 bits per heavy atom. The number of hydrogen-bond acceptors (Lipinski definition) is 6. The molecule has 0 spiro atoms. The van der Waals surface area contributed by atoms with Crippen molar-refractivity contribution in [2.24, 2.45) is 0 Å². The molecule has 4 rings (SSSR count). The molecular weight excluding hydrogens is 460 g/mol. The normalized spacial score (nSPS) is 28.9. The zero-order valence-corrected chi connectivity index (χ0v) is 22.0. The summed E-state index contributed by atoms with van der Waals surface area (Å²) in [5, 5.41) is 0. The molecule has 2 saturated heterocycles. The van der Waals surface area contributed by atoms with Gasteiger partial charge >= 0.3 is 0 Å². The number of ether oxygens (including phenoxy) is 6. The number of fused-ring (bicyclic) bond motifs is 1. The summed E-state index contributed by atoms with van der Waals surface area (Å²) >= 11 is 0. The lowest BCUT2D eigenvalue weighted by Gasteiger charge is -2.49. The quantitative estimate of drug-likeness (QED) is 0.308. The lowest BCUT2D eigenvalue weighted by atomic mass is 9.97. The summed E-state index contributed by atoms with van der Waals surface area (Å²) in [4.78, 5) is 0. The van der Waals surface area contributed by atoms with Crippen LogP contribution in [0.15, 0.2) is 73.3 Å². The summed E-state index contributed by atoms with van der Waals surface area (Å²) in [6, 6.07) is 21.1. The van der Waals surface area contributed by atoms with Gasteiger partial charge in [-0.1, -0.05) is 86.4 Å². The first-order chi connectivity index (χ1) is 16.9. The molecule has 6 nitrogen and oxygen atoms in total. The van der Waals surface area contributed by atoms with Gasteiger partial charge in [0.15, 0.2) is 12.6 Å². The highest BCUT2D eigenvalue weighted by molar-refractivity contribution is 6.76. The maximum Gasteiger partial charge on any atom is 0.186 e. The second kappa shape index (κ2) is 12.4. The lowest BCUT2D eigenvalue weighted by Crippen LogP contribution is -2.63. The van der Waals surface area contributed by atoms with Gasteiger partial charge in [-0.05, 0) is 11.6 Å². The first kappa shape index (κ1) is 26.2. The van der Waals surface area contributed by atoms with Crippen molar-refractivity contribution in [1.82, 2.24) is 0 Å². The first-order valence-corrected chi connectivity index (χ1v) is 16.1. The fraction of sp³-hybridized carbons (Fsp3) is 0.500. The molecular formula is C28H38O6Si. The molecule has 2 aromatic carbocycles. The minimum absolute atomic E-state index is 0.323. The van der Waals surface area contributed by atoms with Gasteiger partial charge < -0.3 is 28.4 Å². The fourth-order valence-electron chi connectivity index (χ4n) is 4.25. The molecule has 0 aliphatic carbocycles. The van der Waals surface area contributed by atoms with Gasteiger partial charge in [-0.25, -0.2) is 0 Å². The third-order valence-corrected chi connectivity index (χ3v) is 7.89. The SMILES string of the molecule is C=CCO[C@H]1[C@H](OCC[Si](C)(C)C)O[C@@H]2CO[C@H](c3ccccc3)O[C@@H]2[C@@H]1OCc1ccccc1. The Balaban J connectivity index is 1.55. The van der Waals surface area contributed by atoms with Gasteiger partial charge in [-0.15, -0.1) is 6.58 Å². The van der Waals surface area contributed by atoms with Crippen molar-refractivity contribution in [1.29, 1.82) is 0 Å². The molecule has 7 heteroatoms. The summed E-state index contributed by atoms with van der Waals surface area (Å²) in [5.41, 5.74) is 2.05. The molecule has 2 fully saturated rings. The van der Waals surface area contributed by atoms with E-state index in [2.05, 4.69) is 38.4 Å². The van der Waals surface area contributed by atoms with Crippen LogP contribution in [0.25, 0.3) is 0 Å². The van der Waals surface area contributed by atoms with E-state index in [1.807, 2.05) is 48.5 Å². The van der Waals surface area contributed by atoms with Crippen molar-refractivity contribution in [2.45, 2.75) is 69.3 Å². The van der Waals surface area contributed by atoms with Crippen molar-refractivity contribution in [2.75, 3.05) is 19.8 Å². The molecule has 0 N–H and O–H groups in total. The first-order valence-electron chi connectivity index (χ1n) is 12.4. The van der Waals surface area contributed by atoms with E-state index in [1.165, 1.54) is 0 Å². The second-order valence-electron chi connectivity index (χ2n) is 10.2. The fourth-order valence-corrected chi connectivity index (χ4v) is 4.98. The van der Waals surface area contributed by atoms with Gasteiger partial charge in [0.1, 0.15) is 24.4 Å². The molecule has 0 saturated carbocycles. The largest absolute Gasteiger partial charge is 0.368 e. The highest BCUT2D eigenvalue weighted by Gasteiger charge is 2.51. The van der Waals surface area contributed by atoms with Crippen LogP contribution in [0.4, 0.5) is 0 Å². The van der Waals surface area contributed by atoms with E-state index in [0.29, 0.717) is 26.4 Å². The minimum atomic E-state index is -1.26. The molecule has 6 atom stereocenters. The van der Waals surface area contributed by atoms with Crippen LogP contribution in [0.5, 0.6) is 0 Å². The van der Waals surface area contributed by atoms with Crippen molar-refractivity contribution in [3.63, 3.8) is 0 Å². The predicted molar refractivity (Wildman–Crippen MR) is 138 cm³/mol. The van der Waals surface area contributed by atoms with Gasteiger partial charge in [-0.3, -0.25) is 0 Å². The van der Waals surface area contributed by atoms with Crippen LogP contribution in [-0.2, 0) is 35.0 Å². The third kappa shape index (κ3) is 7.33. The topological polar surface area (TPSA) is 55.4 Å². The molecule has 2 aliphatic heterocycles. The lowest BCUT2D eigenvalue weighted by molar-refractivity contribution is -0.370. The van der Waals surface area contributed by atoms with E-state index < -0.39 is 32.9 Å². The Morgan fingerprint density at radius 2 is 1.63 bits per heavy atom. The van der Waals surface area contributed by atoms with E-state index in [-0.39, 0.29) is 12.2 Å². The summed E-state index contributed by atoms with van der Waals surface area (Å²) in [6.07, 6.45) is -0.894. The molecule has 0 aromatic heterocycles. The van der Waals surface area contributed by atoms with Crippen LogP contribution in [0, 0.1) is 0 Å². The molecule has 2 aromatic rings. The number of rotatable bonds is 11. The van der Waals surface area contributed by atoms with E-state index >= 15 is 0 Å². The molecule has 35 heavy (non-hydrogen) atoms. The molecule has 190 valence electrons. The highest BCUT2D eigenvalue weighted by atomic mass is 28.3. The Labute approximate surface area is 210 Å². The Hall–Kier alpha value is -1.84. The average Bonchev–Trinajstić information content (AvgIpc) is 2.86. The van der Waals surface area contributed by atoms with Crippen molar-refractivity contribution >= 4 is 8.07 Å². The minimum Gasteiger partial charge on any atom is -0.368 e. The summed E-state index contributed by atoms with van der Waals surface area (Å²) in [6.45, 7) is 12.6. The van der Waals surface area contributed by atoms with Crippen LogP contribution in [0.2, 0.25) is 25.7 Å². The van der Waals surface area contributed by atoms with E-state index in [4.69, 9.17) is 28.4 Å². The monoisotopic (exact) mass is 498 g/mol. The molecule has 0 unspecified atom stereocenters. The summed E-state index contributed by atoms with van der Waals surface area (Å²) < 4.78 is 37.9. The van der Waals surface area contributed by atoms with Gasteiger partial charge in [0.2, 0.25) is 0 Å². The highest BCUT2D eigenvalue weighted by Crippen LogP contribution is 2.37. The zero-order valence-electron chi connectivity index (χ0n) is 21.0. The summed E-state index contributed by atoms with van der Waals surface area (Å²) in [5.74, 6) is 0. The van der Waals surface area contributed by atoms with Gasteiger partial charge in [-0.2, -0.15) is 0 Å². The smallest absolute Gasteiger partial charge is 0.186 e. The Kier molecular flexibility index (Phi) is 9.30. The van der Waals surface area contributed by atoms with E-state index in [0.717, 1.165) is 17.2 Å². The molecule has 0 bridgehead atoms. The second-order valence-corrected chi connectivity index (χ2v) is 15.9. The maximum atomic E-state index is 6.52. The molecule has 2 aliphatic rings. The number of hydrogen-bond donors (Lipinski definition) is 0. The van der Waals surface area contributed by atoms with Crippen LogP contribution in [-0.4, -0.2) is 58.6 Å². The van der Waals surface area contributed by atoms with Gasteiger partial charge in [0.05, 0.1) is 19.8 Å². The summed E-state index contributed by atoms with van der Waals surface area (Å²) in [7, 11) is -1.26. The maximum absolute atomic E-state index is 6.52. The zero-order chi connectivity index (χ0) is 24.7. The van der Waals surface area contributed by atoms with Crippen LogP contribution in [0.3, 0.4) is 0 Å². The molecule has 2 heterocycles. The standard InChI is InChI=1S/C28H38O6Si/c1-5-16-29-26-25(31-19-21-12-8-6-9-13-21)24-23(33-28(26)30-17-18-35(2,3)4)20-32-27(34-24)22-14-10-7-11-15-22/h5-15,23-28H,1,16-20H2,2-4H3/t23-,24+,25+,26-,27+,28-/m1/s1. The van der Waals surface area contributed by atoms with E-state index in [9.17, 15) is 0 Å². The van der Waals surface area contributed by atoms with Gasteiger partial charge in [0.25, 0.3) is 0 Å². The molecule has 0 amide bonds. The molecule has 0 radical (unpaired) electrons. The van der Waals surface area contributed by atoms with Crippen LogP contribution < -0.4 is 0 Å². The Bertz CT molecular complexity index is 903. The predicted octanol–water partition coefficient (Wildman–Crippen LogP) is 5.34. The van der Waals surface area contributed by atoms with Crippen molar-refractivity contribution in [3.8, 4) is 0 Å². The van der Waals surface area contributed by atoms with Crippen LogP contribution in [0.1, 0.15) is 17.4 Å². The van der Waals surface area contributed by atoms with Gasteiger partial charge in [0, 0.05) is 20.2 Å². The third-order valence-electron chi connectivity index (χ3n) is 6.18. The average molecular weight is 499 g/mol.